The molecular weight excluding hydrogens is 290 g/mol. The zero-order chi connectivity index (χ0) is 15.1. The molecular formula is C16H24ClNO3. The van der Waals surface area contributed by atoms with Crippen molar-refractivity contribution >= 4 is 11.6 Å². The molecule has 0 bridgehead atoms. The van der Waals surface area contributed by atoms with Crippen LogP contribution in [0.4, 0.5) is 0 Å². The molecule has 0 saturated heterocycles. The number of benzene rings is 1. The van der Waals surface area contributed by atoms with Gasteiger partial charge in [-0.3, -0.25) is 0 Å². The van der Waals surface area contributed by atoms with Crippen LogP contribution in [-0.4, -0.2) is 44.6 Å². The number of aliphatic hydroxyl groups is 1. The molecule has 1 atom stereocenters. The Balaban J connectivity index is 1.62. The molecule has 118 valence electrons. The van der Waals surface area contributed by atoms with E-state index in [0.717, 1.165) is 19.6 Å². The third-order valence-electron chi connectivity index (χ3n) is 3.94. The molecule has 4 nitrogen and oxygen atoms in total. The van der Waals surface area contributed by atoms with Crippen molar-refractivity contribution in [1.82, 2.24) is 5.32 Å². The maximum absolute atomic E-state index is 9.94. The van der Waals surface area contributed by atoms with Crippen LogP contribution < -0.4 is 10.1 Å². The van der Waals surface area contributed by atoms with E-state index >= 15 is 0 Å². The topological polar surface area (TPSA) is 50.7 Å². The first-order valence-electron chi connectivity index (χ1n) is 7.40. The van der Waals surface area contributed by atoms with Crippen molar-refractivity contribution in [2.75, 3.05) is 33.4 Å². The maximum Gasteiger partial charge on any atom is 0.138 e. The fourth-order valence-corrected chi connectivity index (χ4v) is 2.51. The lowest BCUT2D eigenvalue weighted by molar-refractivity contribution is 0.104. The van der Waals surface area contributed by atoms with Crippen LogP contribution in [0, 0.1) is 5.41 Å². The molecule has 2 rings (SSSR count). The number of hydrogen-bond donors (Lipinski definition) is 2. The number of ether oxygens (including phenoxy) is 2. The van der Waals surface area contributed by atoms with Crippen molar-refractivity contribution < 1.29 is 14.6 Å². The standard InChI is InChI=1S/C16H24ClNO3/c1-20-9-8-16(6-7-16)12-18-10-13(19)11-21-15-5-3-2-4-14(15)17/h2-5,13,18-19H,6-12H2,1H3. The van der Waals surface area contributed by atoms with Crippen LogP contribution in [-0.2, 0) is 4.74 Å². The minimum absolute atomic E-state index is 0.238. The predicted octanol–water partition coefficient (Wildman–Crippen LogP) is 2.49. The Labute approximate surface area is 131 Å². The van der Waals surface area contributed by atoms with Crippen LogP contribution in [0.3, 0.4) is 0 Å². The van der Waals surface area contributed by atoms with Gasteiger partial charge in [-0.2, -0.15) is 0 Å². The van der Waals surface area contributed by atoms with Gasteiger partial charge in [0.15, 0.2) is 0 Å². The second kappa shape index (κ2) is 7.99. The molecule has 1 aromatic rings. The molecule has 1 saturated carbocycles. The van der Waals surface area contributed by atoms with Crippen LogP contribution in [0.1, 0.15) is 19.3 Å². The van der Waals surface area contributed by atoms with E-state index in [0.29, 0.717) is 22.7 Å². The van der Waals surface area contributed by atoms with Crippen molar-refractivity contribution in [3.8, 4) is 5.75 Å². The van der Waals surface area contributed by atoms with E-state index in [-0.39, 0.29) is 6.61 Å². The minimum atomic E-state index is -0.542. The lowest BCUT2D eigenvalue weighted by Crippen LogP contribution is -2.35. The van der Waals surface area contributed by atoms with Gasteiger partial charge < -0.3 is 19.9 Å². The van der Waals surface area contributed by atoms with Gasteiger partial charge in [0, 0.05) is 26.8 Å². The van der Waals surface area contributed by atoms with Gasteiger partial charge >= 0.3 is 0 Å². The summed E-state index contributed by atoms with van der Waals surface area (Å²) in [4.78, 5) is 0. The number of para-hydroxylation sites is 1. The summed E-state index contributed by atoms with van der Waals surface area (Å²) >= 11 is 5.99. The molecule has 0 radical (unpaired) electrons. The summed E-state index contributed by atoms with van der Waals surface area (Å²) in [5.41, 5.74) is 0.388. The van der Waals surface area contributed by atoms with E-state index in [1.54, 1.807) is 19.2 Å². The molecule has 1 unspecified atom stereocenters. The first-order chi connectivity index (χ1) is 10.2. The van der Waals surface area contributed by atoms with Crippen LogP contribution >= 0.6 is 11.6 Å². The van der Waals surface area contributed by atoms with Crippen molar-refractivity contribution in [3.63, 3.8) is 0 Å². The molecule has 0 spiro atoms. The highest BCUT2D eigenvalue weighted by atomic mass is 35.5. The minimum Gasteiger partial charge on any atom is -0.489 e. The van der Waals surface area contributed by atoms with E-state index in [1.165, 1.54) is 12.8 Å². The van der Waals surface area contributed by atoms with Gasteiger partial charge in [-0.1, -0.05) is 23.7 Å². The van der Waals surface area contributed by atoms with E-state index in [4.69, 9.17) is 21.1 Å². The van der Waals surface area contributed by atoms with Crippen LogP contribution in [0.5, 0.6) is 5.75 Å². The monoisotopic (exact) mass is 313 g/mol. The predicted molar refractivity (Wildman–Crippen MR) is 84.0 cm³/mol. The third kappa shape index (κ3) is 5.47. The van der Waals surface area contributed by atoms with E-state index in [2.05, 4.69) is 5.32 Å². The third-order valence-corrected chi connectivity index (χ3v) is 4.25. The highest BCUT2D eigenvalue weighted by Crippen LogP contribution is 2.48. The number of methoxy groups -OCH3 is 1. The van der Waals surface area contributed by atoms with Gasteiger partial charge in [-0.25, -0.2) is 0 Å². The number of rotatable bonds is 10. The molecule has 2 N–H and O–H groups in total. The second-order valence-electron chi connectivity index (χ2n) is 5.77. The quantitative estimate of drug-likeness (QED) is 0.697. The fourth-order valence-electron chi connectivity index (χ4n) is 2.32. The molecule has 1 fully saturated rings. The van der Waals surface area contributed by atoms with Crippen LogP contribution in [0.15, 0.2) is 24.3 Å². The zero-order valence-electron chi connectivity index (χ0n) is 12.5. The number of halogens is 1. The fraction of sp³-hybridized carbons (Fsp3) is 0.625. The SMILES string of the molecule is COCCC1(CNCC(O)COc2ccccc2Cl)CC1. The van der Waals surface area contributed by atoms with Gasteiger partial charge in [0.2, 0.25) is 0 Å². The van der Waals surface area contributed by atoms with Crippen molar-refractivity contribution in [1.29, 1.82) is 0 Å². The number of aliphatic hydroxyl groups excluding tert-OH is 1. The molecule has 1 aromatic carbocycles. The van der Waals surface area contributed by atoms with Crippen LogP contribution in [0.2, 0.25) is 5.02 Å². The molecule has 1 aliphatic carbocycles. The van der Waals surface area contributed by atoms with Gasteiger partial charge in [0.05, 0.1) is 5.02 Å². The van der Waals surface area contributed by atoms with Crippen molar-refractivity contribution in [2.24, 2.45) is 5.41 Å². The number of nitrogens with one attached hydrogen (secondary N) is 1. The van der Waals surface area contributed by atoms with E-state index in [9.17, 15) is 5.11 Å². The Morgan fingerprint density at radius 1 is 1.38 bits per heavy atom. The lowest BCUT2D eigenvalue weighted by atomic mass is 10.0. The van der Waals surface area contributed by atoms with E-state index < -0.39 is 6.10 Å². The first kappa shape index (κ1) is 16.6. The summed E-state index contributed by atoms with van der Waals surface area (Å²) in [7, 11) is 1.74. The second-order valence-corrected chi connectivity index (χ2v) is 6.18. The summed E-state index contributed by atoms with van der Waals surface area (Å²) < 4.78 is 10.7. The summed E-state index contributed by atoms with van der Waals surface area (Å²) in [6.07, 6.45) is 3.04. The highest BCUT2D eigenvalue weighted by Gasteiger charge is 2.41. The average Bonchev–Trinajstić information content (AvgIpc) is 3.25. The summed E-state index contributed by atoms with van der Waals surface area (Å²) in [5.74, 6) is 0.608. The number of hydrogen-bond acceptors (Lipinski definition) is 4. The summed E-state index contributed by atoms with van der Waals surface area (Å²) in [5, 5.41) is 13.8. The molecule has 0 aromatic heterocycles. The molecule has 5 heteroatoms. The van der Waals surface area contributed by atoms with Crippen molar-refractivity contribution in [2.45, 2.75) is 25.4 Å². The maximum atomic E-state index is 9.94. The Hall–Kier alpha value is -0.810. The smallest absolute Gasteiger partial charge is 0.138 e. The average molecular weight is 314 g/mol. The normalized spacial score (nSPS) is 17.5. The Morgan fingerprint density at radius 2 is 2.14 bits per heavy atom. The molecule has 1 aliphatic rings. The lowest BCUT2D eigenvalue weighted by Gasteiger charge is -2.18. The van der Waals surface area contributed by atoms with Crippen LogP contribution in [0.25, 0.3) is 0 Å². The Bertz CT molecular complexity index is 437. The van der Waals surface area contributed by atoms with Gasteiger partial charge in [-0.05, 0) is 36.8 Å². The van der Waals surface area contributed by atoms with E-state index in [1.807, 2.05) is 12.1 Å². The molecule has 0 amide bonds. The summed E-state index contributed by atoms with van der Waals surface area (Å²) in [6, 6.07) is 7.28. The van der Waals surface area contributed by atoms with Crippen molar-refractivity contribution in [3.05, 3.63) is 29.3 Å². The molecule has 0 aliphatic heterocycles. The van der Waals surface area contributed by atoms with Gasteiger partial charge in [0.25, 0.3) is 0 Å². The molecule has 21 heavy (non-hydrogen) atoms. The van der Waals surface area contributed by atoms with Gasteiger partial charge in [-0.15, -0.1) is 0 Å². The first-order valence-corrected chi connectivity index (χ1v) is 7.78. The zero-order valence-corrected chi connectivity index (χ0v) is 13.2. The summed E-state index contributed by atoms with van der Waals surface area (Å²) in [6.45, 7) is 2.50. The Kier molecular flexibility index (Phi) is 6.30. The molecule has 0 heterocycles. The highest BCUT2D eigenvalue weighted by molar-refractivity contribution is 6.32. The largest absolute Gasteiger partial charge is 0.489 e. The van der Waals surface area contributed by atoms with Gasteiger partial charge in [0.1, 0.15) is 18.5 Å². The Morgan fingerprint density at radius 3 is 2.81 bits per heavy atom.